The van der Waals surface area contributed by atoms with E-state index in [2.05, 4.69) is 5.32 Å². The van der Waals surface area contributed by atoms with Gasteiger partial charge in [-0.15, -0.1) is 0 Å². The molecule has 3 N–H and O–H groups in total. The Bertz CT molecular complexity index is 479. The molecule has 162 valence electrons. The van der Waals surface area contributed by atoms with Gasteiger partial charge in [-0.1, -0.05) is 52.4 Å². The number of hydrogen-bond acceptors (Lipinski definition) is 5. The van der Waals surface area contributed by atoms with Gasteiger partial charge in [0.1, 0.15) is 0 Å². The molecule has 2 fully saturated rings. The zero-order chi connectivity index (χ0) is 20.9. The first kappa shape index (κ1) is 24.0. The zero-order valence-corrected chi connectivity index (χ0v) is 17.0. The van der Waals surface area contributed by atoms with Gasteiger partial charge in [0.2, 0.25) is 0 Å². The second-order valence-electron chi connectivity index (χ2n) is 7.96. The van der Waals surface area contributed by atoms with E-state index in [4.69, 9.17) is 24.5 Å². The number of esters is 1. The molecule has 0 radical (unpaired) electrons. The predicted molar refractivity (Wildman–Crippen MR) is 103 cm³/mol. The van der Waals surface area contributed by atoms with E-state index in [0.717, 1.165) is 25.7 Å². The number of ether oxygens (including phenoxy) is 2. The van der Waals surface area contributed by atoms with Gasteiger partial charge in [0.15, 0.2) is 0 Å². The number of hydrogen-bond donors (Lipinski definition) is 3. The summed E-state index contributed by atoms with van der Waals surface area (Å²) in [5, 5.41) is 16.8. The van der Waals surface area contributed by atoms with Crippen LogP contribution in [-0.2, 0) is 14.3 Å². The topological polar surface area (TPSA) is 122 Å². The molecule has 2 aliphatic carbocycles. The maximum absolute atomic E-state index is 12.3. The second-order valence-corrected chi connectivity index (χ2v) is 7.96. The van der Waals surface area contributed by atoms with Crippen LogP contribution in [0.2, 0.25) is 0 Å². The fraction of sp³-hybridized carbons (Fsp3) is 0.850. The fourth-order valence-electron chi connectivity index (χ4n) is 3.61. The van der Waals surface area contributed by atoms with Crippen LogP contribution < -0.4 is 5.32 Å². The third kappa shape index (κ3) is 10.4. The molecular weight excluding hydrogens is 366 g/mol. The van der Waals surface area contributed by atoms with Crippen LogP contribution in [0, 0.1) is 17.8 Å². The molecule has 0 spiro atoms. The monoisotopic (exact) mass is 401 g/mol. The minimum atomic E-state index is -1.83. The van der Waals surface area contributed by atoms with Crippen LogP contribution in [0.4, 0.5) is 9.59 Å². The highest BCUT2D eigenvalue weighted by Gasteiger charge is 2.28. The molecule has 0 aromatic carbocycles. The van der Waals surface area contributed by atoms with Crippen molar-refractivity contribution < 1.29 is 34.1 Å². The van der Waals surface area contributed by atoms with E-state index in [1.807, 2.05) is 13.8 Å². The summed E-state index contributed by atoms with van der Waals surface area (Å²) in [5.74, 6) is 0.244. The molecule has 1 unspecified atom stereocenters. The summed E-state index contributed by atoms with van der Waals surface area (Å²) < 4.78 is 10.9. The summed E-state index contributed by atoms with van der Waals surface area (Å²) in [4.78, 5) is 32.9. The van der Waals surface area contributed by atoms with Gasteiger partial charge >= 0.3 is 18.2 Å². The van der Waals surface area contributed by atoms with Gasteiger partial charge in [0.05, 0.1) is 5.92 Å². The fourth-order valence-corrected chi connectivity index (χ4v) is 3.61. The molecule has 0 saturated heterocycles. The smallest absolute Gasteiger partial charge is 0.450 e. The minimum Gasteiger partial charge on any atom is -0.450 e. The van der Waals surface area contributed by atoms with Gasteiger partial charge in [0, 0.05) is 12.5 Å². The van der Waals surface area contributed by atoms with Crippen LogP contribution in [0.1, 0.15) is 78.1 Å². The molecule has 1 amide bonds. The molecule has 2 saturated carbocycles. The normalized spacial score (nSPS) is 19.1. The van der Waals surface area contributed by atoms with E-state index in [0.29, 0.717) is 12.5 Å². The molecule has 0 aliphatic heterocycles. The minimum absolute atomic E-state index is 0.0334. The molecule has 1 atom stereocenters. The zero-order valence-electron chi connectivity index (χ0n) is 17.0. The first-order valence-electron chi connectivity index (χ1n) is 10.4. The van der Waals surface area contributed by atoms with Gasteiger partial charge in [0.25, 0.3) is 6.29 Å². The van der Waals surface area contributed by atoms with Crippen LogP contribution in [-0.4, -0.2) is 41.3 Å². The summed E-state index contributed by atoms with van der Waals surface area (Å²) in [7, 11) is 0. The van der Waals surface area contributed by atoms with E-state index in [9.17, 15) is 9.59 Å². The van der Waals surface area contributed by atoms with E-state index in [1.54, 1.807) is 0 Å². The Labute approximate surface area is 167 Å². The van der Waals surface area contributed by atoms with Crippen molar-refractivity contribution in [1.29, 1.82) is 0 Å². The molecule has 8 nitrogen and oxygen atoms in total. The maximum Gasteiger partial charge on any atom is 0.503 e. The van der Waals surface area contributed by atoms with Gasteiger partial charge in [-0.2, -0.15) is 0 Å². The number of amides is 1. The summed E-state index contributed by atoms with van der Waals surface area (Å²) in [6, 6.07) is 0. The average molecular weight is 402 g/mol. The largest absolute Gasteiger partial charge is 0.503 e. The van der Waals surface area contributed by atoms with Crippen molar-refractivity contribution in [3.63, 3.8) is 0 Å². The van der Waals surface area contributed by atoms with E-state index < -0.39 is 18.5 Å². The molecule has 8 heteroatoms. The lowest BCUT2D eigenvalue weighted by molar-refractivity contribution is -0.180. The number of nitrogens with one attached hydrogen (secondary N) is 1. The lowest BCUT2D eigenvalue weighted by Gasteiger charge is -2.26. The van der Waals surface area contributed by atoms with Crippen molar-refractivity contribution in [1.82, 2.24) is 5.32 Å². The Hall–Kier alpha value is -1.99. The van der Waals surface area contributed by atoms with Crippen molar-refractivity contribution in [2.75, 3.05) is 6.54 Å². The Morgan fingerprint density at radius 3 is 1.89 bits per heavy atom. The number of carboxylic acid groups (broad SMARTS) is 2. The molecule has 2 aliphatic rings. The molecule has 28 heavy (non-hydrogen) atoms. The summed E-state index contributed by atoms with van der Waals surface area (Å²) >= 11 is 0. The van der Waals surface area contributed by atoms with E-state index in [-0.39, 0.29) is 17.8 Å². The number of carbonyl (C=O) groups is 3. The molecule has 0 aromatic heterocycles. The SMILES string of the molecule is CC(C)C(OC(=O)NCC1CCCCC1)OC(=O)C1CCCCC1.O=C(O)O. The van der Waals surface area contributed by atoms with Crippen molar-refractivity contribution in [2.45, 2.75) is 84.3 Å². The van der Waals surface area contributed by atoms with Crippen LogP contribution in [0.5, 0.6) is 0 Å². The number of alkyl carbamates (subject to hydrolysis) is 1. The van der Waals surface area contributed by atoms with Crippen LogP contribution in [0.15, 0.2) is 0 Å². The molecule has 0 aromatic rings. The Kier molecular flexibility index (Phi) is 11.4. The van der Waals surface area contributed by atoms with Gasteiger partial charge < -0.3 is 25.0 Å². The predicted octanol–water partition coefficient (Wildman–Crippen LogP) is 4.62. The molecule has 0 bridgehead atoms. The summed E-state index contributed by atoms with van der Waals surface area (Å²) in [5.41, 5.74) is 0. The van der Waals surface area contributed by atoms with Gasteiger partial charge in [-0.25, -0.2) is 9.59 Å². The van der Waals surface area contributed by atoms with Crippen LogP contribution >= 0.6 is 0 Å². The molecular formula is C20H35NO7. The Morgan fingerprint density at radius 1 is 0.893 bits per heavy atom. The highest BCUT2D eigenvalue weighted by molar-refractivity contribution is 5.73. The van der Waals surface area contributed by atoms with Crippen molar-refractivity contribution in [2.24, 2.45) is 17.8 Å². The van der Waals surface area contributed by atoms with Crippen LogP contribution in [0.3, 0.4) is 0 Å². The first-order valence-corrected chi connectivity index (χ1v) is 10.4. The van der Waals surface area contributed by atoms with Crippen molar-refractivity contribution in [3.05, 3.63) is 0 Å². The standard InChI is InChI=1S/C19H33NO4.CH2O3/c1-14(2)18(23-17(21)16-11-7-4-8-12-16)24-19(22)20-13-15-9-5-3-6-10-15;2-1(3)4/h14-16,18H,3-13H2,1-2H3,(H,20,22);(H2,2,3,4). The van der Waals surface area contributed by atoms with Gasteiger partial charge in [-0.3, -0.25) is 4.79 Å². The Balaban J connectivity index is 0.000000892. The first-order chi connectivity index (χ1) is 13.3. The third-order valence-corrected chi connectivity index (χ3v) is 5.20. The third-order valence-electron chi connectivity index (χ3n) is 5.20. The Morgan fingerprint density at radius 2 is 1.39 bits per heavy atom. The maximum atomic E-state index is 12.3. The quantitative estimate of drug-likeness (QED) is 0.438. The number of carbonyl (C=O) groups excluding carboxylic acids is 2. The molecule has 2 rings (SSSR count). The van der Waals surface area contributed by atoms with Crippen molar-refractivity contribution >= 4 is 18.2 Å². The van der Waals surface area contributed by atoms with Crippen LogP contribution in [0.25, 0.3) is 0 Å². The second kappa shape index (κ2) is 13.2. The molecule has 0 heterocycles. The number of rotatable bonds is 6. The van der Waals surface area contributed by atoms with Crippen molar-refractivity contribution in [3.8, 4) is 0 Å². The van der Waals surface area contributed by atoms with E-state index in [1.165, 1.54) is 38.5 Å². The summed E-state index contributed by atoms with van der Waals surface area (Å²) in [6.45, 7) is 4.45. The lowest BCUT2D eigenvalue weighted by Crippen LogP contribution is -2.38. The van der Waals surface area contributed by atoms with E-state index >= 15 is 0 Å². The van der Waals surface area contributed by atoms with Gasteiger partial charge in [-0.05, 0) is 31.6 Å². The lowest BCUT2D eigenvalue weighted by atomic mass is 9.89. The highest BCUT2D eigenvalue weighted by atomic mass is 16.7. The average Bonchev–Trinajstić information content (AvgIpc) is 2.67. The summed E-state index contributed by atoms with van der Waals surface area (Å²) in [6.07, 6.45) is 8.14. The highest BCUT2D eigenvalue weighted by Crippen LogP contribution is 2.26.